The Morgan fingerprint density at radius 2 is 2.40 bits per heavy atom. The maximum absolute atomic E-state index is 12.2. The topological polar surface area (TPSA) is 49.8 Å². The van der Waals surface area contributed by atoms with Gasteiger partial charge in [-0.15, -0.1) is 0 Å². The lowest BCUT2D eigenvalue weighted by atomic mass is 10.4. The first-order valence-electron chi connectivity index (χ1n) is 2.36. The Bertz CT molecular complexity index is 249. The van der Waals surface area contributed by atoms with Crippen molar-refractivity contribution in [3.05, 3.63) is 18.4 Å². The molecule has 0 fully saturated rings. The Kier molecular flexibility index (Phi) is 1.38. The van der Waals surface area contributed by atoms with Crippen molar-refractivity contribution in [2.45, 2.75) is 5.92 Å². The standard InChI is InChI=1S/C5H2F2N2O/c6-5(7,3-8)4-9-1-2-10-4/h1-2H. The van der Waals surface area contributed by atoms with Crippen LogP contribution in [0.25, 0.3) is 0 Å². The first-order valence-corrected chi connectivity index (χ1v) is 2.36. The Labute approximate surface area is 54.9 Å². The second-order valence-electron chi connectivity index (χ2n) is 1.52. The van der Waals surface area contributed by atoms with Crippen LogP contribution in [0.4, 0.5) is 8.78 Å². The SMILES string of the molecule is N#CC(F)(F)c1ncco1. The van der Waals surface area contributed by atoms with Gasteiger partial charge in [0, 0.05) is 0 Å². The molecule has 1 aromatic rings. The van der Waals surface area contributed by atoms with Crippen LogP contribution in [0.2, 0.25) is 0 Å². The van der Waals surface area contributed by atoms with Crippen LogP contribution in [0.15, 0.2) is 16.9 Å². The fourth-order valence-electron chi connectivity index (χ4n) is 0.426. The molecule has 1 rings (SSSR count). The van der Waals surface area contributed by atoms with Crippen molar-refractivity contribution in [1.29, 1.82) is 5.26 Å². The predicted molar refractivity (Wildman–Crippen MR) is 26.0 cm³/mol. The summed E-state index contributed by atoms with van der Waals surface area (Å²) in [6.07, 6.45) is 2.04. The van der Waals surface area contributed by atoms with E-state index in [1.54, 1.807) is 0 Å². The summed E-state index contributed by atoms with van der Waals surface area (Å²) in [6.45, 7) is 0. The van der Waals surface area contributed by atoms with Crippen LogP contribution in [-0.2, 0) is 5.92 Å². The lowest BCUT2D eigenvalue weighted by Crippen LogP contribution is -2.09. The zero-order chi connectivity index (χ0) is 7.61. The lowest BCUT2D eigenvalue weighted by Gasteiger charge is -1.98. The Morgan fingerprint density at radius 3 is 2.80 bits per heavy atom. The van der Waals surface area contributed by atoms with Crippen molar-refractivity contribution in [1.82, 2.24) is 4.98 Å². The molecule has 0 N–H and O–H groups in total. The van der Waals surface area contributed by atoms with E-state index in [2.05, 4.69) is 9.40 Å². The van der Waals surface area contributed by atoms with Gasteiger partial charge >= 0.3 is 5.92 Å². The molecule has 0 bridgehead atoms. The monoisotopic (exact) mass is 144 g/mol. The maximum Gasteiger partial charge on any atom is 0.406 e. The third-order valence-corrected chi connectivity index (χ3v) is 0.841. The summed E-state index contributed by atoms with van der Waals surface area (Å²) < 4.78 is 28.6. The minimum absolute atomic E-state index is 0.754. The third kappa shape index (κ3) is 0.957. The molecule has 0 spiro atoms. The van der Waals surface area contributed by atoms with E-state index >= 15 is 0 Å². The molecule has 0 saturated heterocycles. The molecular weight excluding hydrogens is 142 g/mol. The molecule has 0 aliphatic carbocycles. The average molecular weight is 144 g/mol. The van der Waals surface area contributed by atoms with Crippen LogP contribution in [0, 0.1) is 11.3 Å². The highest BCUT2D eigenvalue weighted by Crippen LogP contribution is 2.24. The number of oxazole rings is 1. The molecule has 0 atom stereocenters. The van der Waals surface area contributed by atoms with E-state index in [0.717, 1.165) is 18.5 Å². The number of rotatable bonds is 1. The second-order valence-corrected chi connectivity index (χ2v) is 1.52. The van der Waals surface area contributed by atoms with Gasteiger partial charge in [0.2, 0.25) is 0 Å². The summed E-state index contributed by atoms with van der Waals surface area (Å²) in [5.41, 5.74) is 0. The summed E-state index contributed by atoms with van der Waals surface area (Å²) in [7, 11) is 0. The summed E-state index contributed by atoms with van der Waals surface area (Å²) in [5, 5.41) is 7.87. The number of nitrogens with zero attached hydrogens (tertiary/aromatic N) is 2. The molecule has 5 heteroatoms. The van der Waals surface area contributed by atoms with Crippen molar-refractivity contribution >= 4 is 0 Å². The predicted octanol–water partition coefficient (Wildman–Crippen LogP) is 1.29. The average Bonchev–Trinajstić information content (AvgIpc) is 2.38. The molecule has 0 aromatic carbocycles. The molecule has 0 saturated carbocycles. The quantitative estimate of drug-likeness (QED) is 0.596. The fourth-order valence-corrected chi connectivity index (χ4v) is 0.426. The van der Waals surface area contributed by atoms with E-state index in [4.69, 9.17) is 5.26 Å². The highest BCUT2D eigenvalue weighted by atomic mass is 19.3. The van der Waals surface area contributed by atoms with Crippen LogP contribution >= 0.6 is 0 Å². The van der Waals surface area contributed by atoms with Gasteiger partial charge in [0.15, 0.2) is 0 Å². The number of halogens is 2. The van der Waals surface area contributed by atoms with Crippen molar-refractivity contribution in [3.63, 3.8) is 0 Å². The zero-order valence-electron chi connectivity index (χ0n) is 4.71. The summed E-state index contributed by atoms with van der Waals surface area (Å²) in [5.74, 6) is -4.47. The molecule has 0 aliphatic heterocycles. The van der Waals surface area contributed by atoms with Gasteiger partial charge in [-0.05, 0) is 0 Å². The first-order chi connectivity index (χ1) is 4.67. The highest BCUT2D eigenvalue weighted by molar-refractivity contribution is 5.04. The Balaban J connectivity index is 2.99. The summed E-state index contributed by atoms with van der Waals surface area (Å²) in [6, 6.07) is 0.754. The smallest absolute Gasteiger partial charge is 0.406 e. The van der Waals surface area contributed by atoms with Gasteiger partial charge in [0.1, 0.15) is 12.3 Å². The normalized spacial score (nSPS) is 10.9. The van der Waals surface area contributed by atoms with Gasteiger partial charge in [-0.2, -0.15) is 14.0 Å². The maximum atomic E-state index is 12.2. The molecular formula is C5H2F2N2O. The number of aromatic nitrogens is 1. The van der Waals surface area contributed by atoms with Crippen molar-refractivity contribution in [3.8, 4) is 6.07 Å². The number of hydrogen-bond acceptors (Lipinski definition) is 3. The van der Waals surface area contributed by atoms with Gasteiger partial charge in [0.25, 0.3) is 5.89 Å². The van der Waals surface area contributed by atoms with Gasteiger partial charge in [-0.3, -0.25) is 0 Å². The van der Waals surface area contributed by atoms with E-state index < -0.39 is 11.8 Å². The Morgan fingerprint density at radius 1 is 1.70 bits per heavy atom. The van der Waals surface area contributed by atoms with Gasteiger partial charge in [0.05, 0.1) is 6.20 Å². The molecule has 52 valence electrons. The van der Waals surface area contributed by atoms with Gasteiger partial charge in [-0.1, -0.05) is 0 Å². The number of alkyl halides is 2. The molecule has 0 amide bonds. The molecule has 1 aromatic heterocycles. The second kappa shape index (κ2) is 2.06. The van der Waals surface area contributed by atoms with Crippen LogP contribution in [0.3, 0.4) is 0 Å². The van der Waals surface area contributed by atoms with E-state index in [1.165, 1.54) is 0 Å². The van der Waals surface area contributed by atoms with E-state index in [1.807, 2.05) is 0 Å². The fraction of sp³-hybridized carbons (Fsp3) is 0.200. The van der Waals surface area contributed by atoms with E-state index in [9.17, 15) is 8.78 Å². The van der Waals surface area contributed by atoms with Crippen LogP contribution in [0.5, 0.6) is 0 Å². The van der Waals surface area contributed by atoms with Crippen LogP contribution in [-0.4, -0.2) is 4.98 Å². The molecule has 1 heterocycles. The molecule has 0 radical (unpaired) electrons. The van der Waals surface area contributed by atoms with Crippen molar-refractivity contribution in [2.75, 3.05) is 0 Å². The molecule has 10 heavy (non-hydrogen) atoms. The van der Waals surface area contributed by atoms with E-state index in [-0.39, 0.29) is 0 Å². The van der Waals surface area contributed by atoms with Crippen LogP contribution in [0.1, 0.15) is 5.89 Å². The van der Waals surface area contributed by atoms with Crippen LogP contribution < -0.4 is 0 Å². The third-order valence-electron chi connectivity index (χ3n) is 0.841. The zero-order valence-corrected chi connectivity index (χ0v) is 4.71. The minimum atomic E-state index is -3.61. The molecule has 3 nitrogen and oxygen atoms in total. The minimum Gasteiger partial charge on any atom is -0.443 e. The van der Waals surface area contributed by atoms with Gasteiger partial charge in [-0.25, -0.2) is 4.98 Å². The number of nitriles is 1. The van der Waals surface area contributed by atoms with Crippen molar-refractivity contribution in [2.24, 2.45) is 0 Å². The van der Waals surface area contributed by atoms with Gasteiger partial charge < -0.3 is 4.42 Å². The largest absolute Gasteiger partial charge is 0.443 e. The highest BCUT2D eigenvalue weighted by Gasteiger charge is 2.36. The molecule has 0 aliphatic rings. The van der Waals surface area contributed by atoms with Crippen molar-refractivity contribution < 1.29 is 13.2 Å². The first kappa shape index (κ1) is 6.68. The lowest BCUT2D eigenvalue weighted by molar-refractivity contribution is 0.0304. The Hall–Kier alpha value is -1.44. The number of hydrogen-bond donors (Lipinski definition) is 0. The molecule has 0 unspecified atom stereocenters. The summed E-state index contributed by atoms with van der Waals surface area (Å²) >= 11 is 0. The summed E-state index contributed by atoms with van der Waals surface area (Å²) in [4.78, 5) is 3.12. The van der Waals surface area contributed by atoms with E-state index in [0.29, 0.717) is 0 Å².